The molecule has 6 heteroatoms. The van der Waals surface area contributed by atoms with Gasteiger partial charge in [-0.15, -0.1) is 0 Å². The summed E-state index contributed by atoms with van der Waals surface area (Å²) >= 11 is 0. The molecule has 0 radical (unpaired) electrons. The van der Waals surface area contributed by atoms with Crippen molar-refractivity contribution in [2.45, 2.75) is 6.92 Å². The number of ether oxygens (including phenoxy) is 4. The summed E-state index contributed by atoms with van der Waals surface area (Å²) in [4.78, 5) is 23.6. The van der Waals surface area contributed by atoms with Gasteiger partial charge >= 0.3 is 11.9 Å². The van der Waals surface area contributed by atoms with Crippen molar-refractivity contribution in [2.24, 2.45) is 0 Å². The van der Waals surface area contributed by atoms with E-state index in [1.165, 1.54) is 38.5 Å². The highest BCUT2D eigenvalue weighted by Crippen LogP contribution is 2.28. The Morgan fingerprint density at radius 2 is 1.54 bits per heavy atom. The normalized spacial score (nSPS) is 9.96. The van der Waals surface area contributed by atoms with E-state index in [1.54, 1.807) is 18.2 Å². The van der Waals surface area contributed by atoms with Gasteiger partial charge in [-0.2, -0.15) is 0 Å². The van der Waals surface area contributed by atoms with E-state index in [-0.39, 0.29) is 0 Å². The zero-order chi connectivity index (χ0) is 17.5. The lowest BCUT2D eigenvalue weighted by atomic mass is 10.2. The third-order valence-corrected chi connectivity index (χ3v) is 3.19. The first kappa shape index (κ1) is 17.3. The summed E-state index contributed by atoms with van der Waals surface area (Å²) < 4.78 is 20.5. The van der Waals surface area contributed by atoms with E-state index in [2.05, 4.69) is 4.74 Å². The van der Waals surface area contributed by atoms with E-state index in [0.717, 1.165) is 0 Å². The predicted molar refractivity (Wildman–Crippen MR) is 86.9 cm³/mol. The molecule has 0 aliphatic carbocycles. The topological polar surface area (TPSA) is 71.1 Å². The Kier molecular flexibility index (Phi) is 5.78. The van der Waals surface area contributed by atoms with Gasteiger partial charge < -0.3 is 18.9 Å². The lowest BCUT2D eigenvalue weighted by molar-refractivity contribution is 0.0600. The molecule has 0 N–H and O–H groups in total. The first-order chi connectivity index (χ1) is 11.6. The van der Waals surface area contributed by atoms with E-state index in [1.807, 2.05) is 6.92 Å². The van der Waals surface area contributed by atoms with Gasteiger partial charge in [-0.25, -0.2) is 9.59 Å². The summed E-state index contributed by atoms with van der Waals surface area (Å²) in [5.74, 6) is 0.335. The van der Waals surface area contributed by atoms with Crippen LogP contribution in [0.15, 0.2) is 42.5 Å². The van der Waals surface area contributed by atoms with Gasteiger partial charge in [-0.1, -0.05) is 0 Å². The quantitative estimate of drug-likeness (QED) is 0.599. The Morgan fingerprint density at radius 1 is 0.875 bits per heavy atom. The van der Waals surface area contributed by atoms with Crippen LogP contribution in [0.4, 0.5) is 0 Å². The highest BCUT2D eigenvalue weighted by atomic mass is 16.5. The molecule has 0 bridgehead atoms. The minimum Gasteiger partial charge on any atom is -0.493 e. The Labute approximate surface area is 139 Å². The van der Waals surface area contributed by atoms with Gasteiger partial charge in [0.15, 0.2) is 11.5 Å². The molecule has 24 heavy (non-hydrogen) atoms. The van der Waals surface area contributed by atoms with E-state index >= 15 is 0 Å². The number of benzene rings is 2. The van der Waals surface area contributed by atoms with Gasteiger partial charge in [0.05, 0.1) is 32.0 Å². The van der Waals surface area contributed by atoms with Crippen molar-refractivity contribution in [1.82, 2.24) is 0 Å². The number of carbonyl (C=O) groups is 2. The highest BCUT2D eigenvalue weighted by molar-refractivity contribution is 5.92. The lowest BCUT2D eigenvalue weighted by Gasteiger charge is -2.11. The van der Waals surface area contributed by atoms with Gasteiger partial charge in [0.25, 0.3) is 0 Å². The molecule has 0 aliphatic rings. The zero-order valence-electron chi connectivity index (χ0n) is 13.7. The van der Waals surface area contributed by atoms with Crippen molar-refractivity contribution in [3.05, 3.63) is 53.6 Å². The summed E-state index contributed by atoms with van der Waals surface area (Å²) in [6, 6.07) is 10.9. The van der Waals surface area contributed by atoms with E-state index in [4.69, 9.17) is 14.2 Å². The lowest BCUT2D eigenvalue weighted by Crippen LogP contribution is -2.09. The number of esters is 2. The minimum atomic E-state index is -0.538. The molecule has 0 unspecified atom stereocenters. The molecule has 0 amide bonds. The smallest absolute Gasteiger partial charge is 0.343 e. The number of carbonyl (C=O) groups excluding carboxylic acids is 2. The van der Waals surface area contributed by atoms with Crippen LogP contribution in [-0.2, 0) is 4.74 Å². The summed E-state index contributed by atoms with van der Waals surface area (Å²) in [5.41, 5.74) is 0.705. The second kappa shape index (κ2) is 8.01. The summed E-state index contributed by atoms with van der Waals surface area (Å²) in [5, 5.41) is 0. The second-order valence-electron chi connectivity index (χ2n) is 4.70. The Bertz CT molecular complexity index is 721. The third kappa shape index (κ3) is 4.04. The number of hydrogen-bond donors (Lipinski definition) is 0. The predicted octanol–water partition coefficient (Wildman–Crippen LogP) is 3.10. The molecule has 0 spiro atoms. The van der Waals surface area contributed by atoms with Gasteiger partial charge in [0.2, 0.25) is 0 Å². The highest BCUT2D eigenvalue weighted by Gasteiger charge is 2.14. The van der Waals surface area contributed by atoms with E-state index in [0.29, 0.717) is 35.0 Å². The van der Waals surface area contributed by atoms with Gasteiger partial charge in [0, 0.05) is 0 Å². The number of rotatable bonds is 6. The third-order valence-electron chi connectivity index (χ3n) is 3.19. The fraction of sp³-hybridized carbons (Fsp3) is 0.222. The number of hydrogen-bond acceptors (Lipinski definition) is 6. The largest absolute Gasteiger partial charge is 0.493 e. The zero-order valence-corrected chi connectivity index (χ0v) is 13.7. The summed E-state index contributed by atoms with van der Waals surface area (Å²) in [7, 11) is 2.83. The molecular formula is C18H18O6. The van der Waals surface area contributed by atoms with Crippen LogP contribution in [0.1, 0.15) is 27.6 Å². The van der Waals surface area contributed by atoms with Crippen LogP contribution in [-0.4, -0.2) is 32.8 Å². The van der Waals surface area contributed by atoms with Crippen LogP contribution in [0.5, 0.6) is 17.2 Å². The van der Waals surface area contributed by atoms with Crippen LogP contribution < -0.4 is 14.2 Å². The second-order valence-corrected chi connectivity index (χ2v) is 4.70. The Hall–Kier alpha value is -3.02. The van der Waals surface area contributed by atoms with Crippen LogP contribution in [0.3, 0.4) is 0 Å². The molecule has 2 aromatic carbocycles. The molecule has 0 heterocycles. The van der Waals surface area contributed by atoms with Crippen molar-refractivity contribution in [2.75, 3.05) is 20.8 Å². The molecule has 2 aromatic rings. The van der Waals surface area contributed by atoms with Crippen molar-refractivity contribution in [3.63, 3.8) is 0 Å². The van der Waals surface area contributed by atoms with Crippen LogP contribution in [0, 0.1) is 0 Å². The molecule has 0 aromatic heterocycles. The average Bonchev–Trinajstić information content (AvgIpc) is 2.62. The maximum Gasteiger partial charge on any atom is 0.343 e. The molecular weight excluding hydrogens is 312 g/mol. The molecule has 0 aliphatic heterocycles. The minimum absolute atomic E-state index is 0.321. The molecule has 0 saturated carbocycles. The van der Waals surface area contributed by atoms with Crippen molar-refractivity contribution >= 4 is 11.9 Å². The maximum atomic E-state index is 12.2. The molecule has 0 atom stereocenters. The first-order valence-electron chi connectivity index (χ1n) is 7.30. The molecule has 0 fully saturated rings. The molecule has 0 saturated heterocycles. The first-order valence-corrected chi connectivity index (χ1v) is 7.30. The summed E-state index contributed by atoms with van der Waals surface area (Å²) in [6.45, 7) is 2.29. The average molecular weight is 330 g/mol. The van der Waals surface area contributed by atoms with Crippen LogP contribution in [0.2, 0.25) is 0 Å². The monoisotopic (exact) mass is 330 g/mol. The van der Waals surface area contributed by atoms with E-state index < -0.39 is 11.9 Å². The maximum absolute atomic E-state index is 12.2. The Morgan fingerprint density at radius 3 is 2.12 bits per heavy atom. The van der Waals surface area contributed by atoms with Gasteiger partial charge in [-0.05, 0) is 49.4 Å². The Balaban J connectivity index is 2.14. The van der Waals surface area contributed by atoms with Gasteiger partial charge in [0.1, 0.15) is 5.75 Å². The van der Waals surface area contributed by atoms with Crippen molar-refractivity contribution in [1.29, 1.82) is 0 Å². The summed E-state index contributed by atoms with van der Waals surface area (Å²) in [6.07, 6.45) is 0. The van der Waals surface area contributed by atoms with E-state index in [9.17, 15) is 9.59 Å². The molecule has 2 rings (SSSR count). The molecule has 6 nitrogen and oxygen atoms in total. The number of methoxy groups -OCH3 is 2. The fourth-order valence-corrected chi connectivity index (χ4v) is 2.01. The van der Waals surface area contributed by atoms with Crippen LogP contribution in [0.25, 0.3) is 0 Å². The fourth-order valence-electron chi connectivity index (χ4n) is 2.01. The standard InChI is InChI=1S/C18H18O6/c1-4-23-16-11-13(7-10-15(16)21-2)18(20)24-14-8-5-12(6-9-14)17(19)22-3/h5-11H,4H2,1-3H3. The van der Waals surface area contributed by atoms with Gasteiger partial charge in [-0.3, -0.25) is 0 Å². The SMILES string of the molecule is CCOc1cc(C(=O)Oc2ccc(C(=O)OC)cc2)ccc1OC. The van der Waals surface area contributed by atoms with Crippen molar-refractivity contribution < 1.29 is 28.5 Å². The molecule has 126 valence electrons. The van der Waals surface area contributed by atoms with Crippen molar-refractivity contribution in [3.8, 4) is 17.2 Å². The van der Waals surface area contributed by atoms with Crippen LogP contribution >= 0.6 is 0 Å².